The van der Waals surface area contributed by atoms with E-state index in [-0.39, 0.29) is 11.4 Å². The third-order valence-electron chi connectivity index (χ3n) is 3.92. The average molecular weight is 281 g/mol. The highest BCUT2D eigenvalue weighted by atomic mass is 32.2. The first kappa shape index (κ1) is 12.9. The van der Waals surface area contributed by atoms with Crippen molar-refractivity contribution in [3.05, 3.63) is 29.8 Å². The number of rotatable bonds is 4. The van der Waals surface area contributed by atoms with E-state index >= 15 is 0 Å². The Balaban J connectivity index is 1.48. The predicted molar refractivity (Wildman–Crippen MR) is 74.2 cm³/mol. The summed E-state index contributed by atoms with van der Waals surface area (Å²) in [7, 11) is -2.84. The van der Waals surface area contributed by atoms with Gasteiger partial charge in [-0.15, -0.1) is 0 Å². The lowest BCUT2D eigenvalue weighted by Gasteiger charge is -2.14. The Hall–Kier alpha value is -1.07. The third kappa shape index (κ3) is 2.77. The Morgan fingerprint density at radius 3 is 2.84 bits per heavy atom. The fourth-order valence-electron chi connectivity index (χ4n) is 2.86. The Morgan fingerprint density at radius 1 is 1.26 bits per heavy atom. The molecular formula is C14H19NO3S. The molecule has 2 unspecified atom stereocenters. The second kappa shape index (κ2) is 5.13. The van der Waals surface area contributed by atoms with Crippen LogP contribution >= 0.6 is 0 Å². The first-order valence-electron chi connectivity index (χ1n) is 6.82. The first-order valence-corrected chi connectivity index (χ1v) is 8.53. The van der Waals surface area contributed by atoms with Gasteiger partial charge in [-0.25, -0.2) is 8.42 Å². The van der Waals surface area contributed by atoms with Crippen molar-refractivity contribution in [2.75, 3.05) is 18.8 Å². The number of benzene rings is 1. The summed E-state index contributed by atoms with van der Waals surface area (Å²) < 4.78 is 29.2. The zero-order valence-corrected chi connectivity index (χ0v) is 11.7. The van der Waals surface area contributed by atoms with Gasteiger partial charge in [-0.2, -0.15) is 0 Å². The molecule has 0 spiro atoms. The first-order chi connectivity index (χ1) is 9.15. The molecule has 2 aliphatic heterocycles. The van der Waals surface area contributed by atoms with Gasteiger partial charge >= 0.3 is 0 Å². The quantitative estimate of drug-likeness (QED) is 0.900. The molecule has 3 rings (SSSR count). The van der Waals surface area contributed by atoms with E-state index in [0.29, 0.717) is 18.8 Å². The number of ether oxygens (including phenoxy) is 1. The summed E-state index contributed by atoms with van der Waals surface area (Å²) in [4.78, 5) is 0. The zero-order chi connectivity index (χ0) is 13.3. The second-order valence-corrected chi connectivity index (χ2v) is 7.74. The highest BCUT2D eigenvalue weighted by Gasteiger charge is 2.31. The number of hydrogen-bond acceptors (Lipinski definition) is 4. The van der Waals surface area contributed by atoms with Gasteiger partial charge in [-0.05, 0) is 24.5 Å². The van der Waals surface area contributed by atoms with E-state index in [9.17, 15) is 8.42 Å². The predicted octanol–water partition coefficient (Wildman–Crippen LogP) is 1.16. The van der Waals surface area contributed by atoms with Crippen LogP contribution < -0.4 is 10.1 Å². The number of fused-ring (bicyclic) bond motifs is 1. The minimum absolute atomic E-state index is 0.126. The molecular weight excluding hydrogens is 262 g/mol. The van der Waals surface area contributed by atoms with Crippen LogP contribution in [0, 0.1) is 0 Å². The van der Waals surface area contributed by atoms with Gasteiger partial charge in [0.1, 0.15) is 11.9 Å². The Kier molecular flexibility index (Phi) is 3.50. The minimum Gasteiger partial charge on any atom is -0.488 e. The minimum atomic E-state index is -2.84. The SMILES string of the molecule is O=S1(=O)CCCC1CNCC1Cc2ccccc2O1. The Labute approximate surface area is 114 Å². The highest BCUT2D eigenvalue weighted by Crippen LogP contribution is 2.27. The zero-order valence-electron chi connectivity index (χ0n) is 10.8. The van der Waals surface area contributed by atoms with Crippen molar-refractivity contribution in [3.8, 4) is 5.75 Å². The van der Waals surface area contributed by atoms with E-state index in [2.05, 4.69) is 11.4 Å². The van der Waals surface area contributed by atoms with Gasteiger partial charge in [-0.3, -0.25) is 0 Å². The summed E-state index contributed by atoms with van der Waals surface area (Å²) in [6.45, 7) is 1.26. The summed E-state index contributed by atoms with van der Waals surface area (Å²) in [5.41, 5.74) is 1.24. The van der Waals surface area contributed by atoms with Gasteiger partial charge in [0.25, 0.3) is 0 Å². The highest BCUT2D eigenvalue weighted by molar-refractivity contribution is 7.92. The molecule has 5 heteroatoms. The molecule has 2 aliphatic rings. The molecule has 2 atom stereocenters. The van der Waals surface area contributed by atoms with E-state index in [0.717, 1.165) is 25.0 Å². The van der Waals surface area contributed by atoms with Gasteiger partial charge in [0.2, 0.25) is 0 Å². The van der Waals surface area contributed by atoms with Crippen molar-refractivity contribution in [2.45, 2.75) is 30.6 Å². The molecule has 1 N–H and O–H groups in total. The van der Waals surface area contributed by atoms with Gasteiger partial charge in [0.05, 0.1) is 11.0 Å². The molecule has 0 saturated carbocycles. The van der Waals surface area contributed by atoms with Crippen LogP contribution in [-0.2, 0) is 16.3 Å². The maximum atomic E-state index is 11.7. The third-order valence-corrected chi connectivity index (χ3v) is 6.20. The molecule has 0 aromatic heterocycles. The fraction of sp³-hybridized carbons (Fsp3) is 0.571. The van der Waals surface area contributed by atoms with Crippen molar-refractivity contribution >= 4 is 9.84 Å². The molecule has 104 valence electrons. The summed E-state index contributed by atoms with van der Waals surface area (Å²) in [5.74, 6) is 1.31. The molecule has 19 heavy (non-hydrogen) atoms. The van der Waals surface area contributed by atoms with Gasteiger partial charge in [0.15, 0.2) is 9.84 Å². The number of hydrogen-bond donors (Lipinski definition) is 1. The topological polar surface area (TPSA) is 55.4 Å². The number of para-hydroxylation sites is 1. The molecule has 1 aromatic carbocycles. The van der Waals surface area contributed by atoms with Gasteiger partial charge in [-0.1, -0.05) is 18.2 Å². The maximum absolute atomic E-state index is 11.7. The van der Waals surface area contributed by atoms with E-state index in [1.807, 2.05) is 18.2 Å². The largest absolute Gasteiger partial charge is 0.488 e. The van der Waals surface area contributed by atoms with Crippen molar-refractivity contribution in [3.63, 3.8) is 0 Å². The lowest BCUT2D eigenvalue weighted by molar-refractivity contribution is 0.228. The van der Waals surface area contributed by atoms with E-state index in [1.54, 1.807) is 0 Å². The summed E-state index contributed by atoms with van der Waals surface area (Å²) in [5, 5.41) is 3.06. The standard InChI is InChI=1S/C14H19NO3S/c16-19(17)7-3-5-13(19)10-15-9-12-8-11-4-1-2-6-14(11)18-12/h1-2,4,6,12-13,15H,3,5,7-10H2. The van der Waals surface area contributed by atoms with Gasteiger partial charge < -0.3 is 10.1 Å². The molecule has 0 bridgehead atoms. The number of sulfone groups is 1. The van der Waals surface area contributed by atoms with Crippen LogP contribution in [0.3, 0.4) is 0 Å². The smallest absolute Gasteiger partial charge is 0.154 e. The Bertz CT molecular complexity index is 531. The number of nitrogens with one attached hydrogen (secondary N) is 1. The fourth-order valence-corrected chi connectivity index (χ4v) is 4.66. The molecule has 0 aliphatic carbocycles. The maximum Gasteiger partial charge on any atom is 0.154 e. The van der Waals surface area contributed by atoms with Crippen LogP contribution in [0.4, 0.5) is 0 Å². The van der Waals surface area contributed by atoms with Crippen LogP contribution in [0.25, 0.3) is 0 Å². The molecule has 2 heterocycles. The molecule has 1 aromatic rings. The van der Waals surface area contributed by atoms with Crippen LogP contribution in [0.15, 0.2) is 24.3 Å². The van der Waals surface area contributed by atoms with E-state index in [1.165, 1.54) is 5.56 Å². The van der Waals surface area contributed by atoms with Crippen molar-refractivity contribution in [1.82, 2.24) is 5.32 Å². The lowest BCUT2D eigenvalue weighted by Crippen LogP contribution is -2.36. The van der Waals surface area contributed by atoms with Crippen molar-refractivity contribution in [2.24, 2.45) is 0 Å². The summed E-state index contributed by atoms with van der Waals surface area (Å²) in [6.07, 6.45) is 2.63. The van der Waals surface area contributed by atoms with Crippen LogP contribution in [0.2, 0.25) is 0 Å². The Morgan fingerprint density at radius 2 is 2.11 bits per heavy atom. The van der Waals surface area contributed by atoms with E-state index < -0.39 is 9.84 Å². The molecule has 0 amide bonds. The molecule has 4 nitrogen and oxygen atoms in total. The normalized spacial score (nSPS) is 28.0. The monoisotopic (exact) mass is 281 g/mol. The van der Waals surface area contributed by atoms with E-state index in [4.69, 9.17) is 4.74 Å². The molecule has 1 fully saturated rings. The van der Waals surface area contributed by atoms with Gasteiger partial charge in [0, 0.05) is 19.5 Å². The molecule has 1 saturated heterocycles. The van der Waals surface area contributed by atoms with Crippen LogP contribution in [-0.4, -0.2) is 38.6 Å². The summed E-state index contributed by atoms with van der Waals surface area (Å²) >= 11 is 0. The molecule has 0 radical (unpaired) electrons. The van der Waals surface area contributed by atoms with Crippen LogP contribution in [0.5, 0.6) is 5.75 Å². The van der Waals surface area contributed by atoms with Crippen molar-refractivity contribution < 1.29 is 13.2 Å². The van der Waals surface area contributed by atoms with Crippen LogP contribution in [0.1, 0.15) is 18.4 Å². The average Bonchev–Trinajstić information content (AvgIpc) is 2.92. The lowest BCUT2D eigenvalue weighted by atomic mass is 10.1. The second-order valence-electron chi connectivity index (χ2n) is 5.34. The van der Waals surface area contributed by atoms with Crippen molar-refractivity contribution in [1.29, 1.82) is 0 Å². The summed E-state index contributed by atoms with van der Waals surface area (Å²) in [6, 6.07) is 8.05.